The molecule has 0 aliphatic carbocycles. The molecule has 1 unspecified atom stereocenters. The minimum Gasteiger partial charge on any atom is -0.450 e. The maximum absolute atomic E-state index is 12.4. The monoisotopic (exact) mass is 511 g/mol. The standard InChI is InChI=1S/C27H37N5O5/c1-3-37-26(35)32-14-10-27(36,11-15-32)17-18-8-12-31(13-9-18)19-4-5-20-22(16-19)30(2)29-24(20)21-6-7-23(33)28-25(21)34/h4-5,16,18,21,36H,3,6-15,17H2,1-2H3,(H,28,33,34). The highest BCUT2D eigenvalue weighted by molar-refractivity contribution is 6.02. The number of piperidine rings is 3. The highest BCUT2D eigenvalue weighted by atomic mass is 16.6. The number of carbonyl (C=O) groups excluding carboxylic acids is 3. The first kappa shape index (κ1) is 25.5. The largest absolute Gasteiger partial charge is 0.450 e. The zero-order valence-corrected chi connectivity index (χ0v) is 21.7. The van der Waals surface area contributed by atoms with E-state index in [1.54, 1.807) is 11.8 Å². The number of likely N-dealkylation sites (tertiary alicyclic amines) is 1. The zero-order valence-electron chi connectivity index (χ0n) is 21.7. The smallest absolute Gasteiger partial charge is 0.409 e. The van der Waals surface area contributed by atoms with Gasteiger partial charge in [0.1, 0.15) is 0 Å². The van der Waals surface area contributed by atoms with Crippen molar-refractivity contribution in [2.45, 2.75) is 63.4 Å². The van der Waals surface area contributed by atoms with E-state index in [2.05, 4.69) is 27.4 Å². The zero-order chi connectivity index (χ0) is 26.2. The molecule has 3 amide bonds. The summed E-state index contributed by atoms with van der Waals surface area (Å²) in [6.07, 6.45) is 4.52. The van der Waals surface area contributed by atoms with E-state index in [1.807, 2.05) is 17.8 Å². The SMILES string of the molecule is CCOC(=O)N1CCC(O)(CC2CCN(c3ccc4c(C5CCC(=O)NC5=O)nn(C)c4c3)CC2)CC1. The number of amides is 3. The Labute approximate surface area is 216 Å². The van der Waals surface area contributed by atoms with E-state index in [1.165, 1.54) is 0 Å². The first-order valence-corrected chi connectivity index (χ1v) is 13.5. The normalized spacial score (nSPS) is 22.8. The van der Waals surface area contributed by atoms with Gasteiger partial charge in [0.05, 0.1) is 29.3 Å². The van der Waals surface area contributed by atoms with Crippen LogP contribution < -0.4 is 10.2 Å². The molecular formula is C27H37N5O5. The van der Waals surface area contributed by atoms with Crippen LogP contribution in [0.25, 0.3) is 10.9 Å². The fraction of sp³-hybridized carbons (Fsp3) is 0.630. The maximum atomic E-state index is 12.4. The molecule has 2 N–H and O–H groups in total. The molecule has 10 nitrogen and oxygen atoms in total. The minimum atomic E-state index is -0.712. The third-order valence-corrected chi connectivity index (χ3v) is 8.30. The van der Waals surface area contributed by atoms with Crippen molar-refractivity contribution in [1.29, 1.82) is 0 Å². The lowest BCUT2D eigenvalue weighted by Gasteiger charge is -2.41. The molecule has 2 aromatic rings. The molecule has 0 bridgehead atoms. The number of imide groups is 1. The Morgan fingerprint density at radius 2 is 1.89 bits per heavy atom. The molecule has 1 aromatic heterocycles. The topological polar surface area (TPSA) is 117 Å². The Morgan fingerprint density at radius 3 is 2.57 bits per heavy atom. The van der Waals surface area contributed by atoms with Crippen molar-refractivity contribution < 1.29 is 24.2 Å². The summed E-state index contributed by atoms with van der Waals surface area (Å²) in [6, 6.07) is 6.28. The van der Waals surface area contributed by atoms with Crippen molar-refractivity contribution >= 4 is 34.5 Å². The van der Waals surface area contributed by atoms with Crippen molar-refractivity contribution in [3.8, 4) is 0 Å². The van der Waals surface area contributed by atoms with Crippen LogP contribution in [0.1, 0.15) is 63.5 Å². The molecule has 0 saturated carbocycles. The molecule has 37 heavy (non-hydrogen) atoms. The molecule has 10 heteroatoms. The lowest BCUT2D eigenvalue weighted by molar-refractivity contribution is -0.134. The van der Waals surface area contributed by atoms with Gasteiger partial charge in [0, 0.05) is 50.7 Å². The number of nitrogens with one attached hydrogen (secondary N) is 1. The fourth-order valence-corrected chi connectivity index (χ4v) is 6.14. The molecule has 4 heterocycles. The van der Waals surface area contributed by atoms with Gasteiger partial charge in [-0.1, -0.05) is 0 Å². The van der Waals surface area contributed by atoms with Crippen LogP contribution in [0.3, 0.4) is 0 Å². The van der Waals surface area contributed by atoms with Crippen LogP contribution in [0.5, 0.6) is 0 Å². The van der Waals surface area contributed by atoms with Gasteiger partial charge in [0.15, 0.2) is 0 Å². The number of hydrogen-bond acceptors (Lipinski definition) is 7. The van der Waals surface area contributed by atoms with E-state index in [4.69, 9.17) is 4.74 Å². The average molecular weight is 512 g/mol. The third kappa shape index (κ3) is 5.30. The van der Waals surface area contributed by atoms with Crippen LogP contribution in [0.2, 0.25) is 0 Å². The molecule has 3 saturated heterocycles. The Morgan fingerprint density at radius 1 is 1.16 bits per heavy atom. The number of benzene rings is 1. The fourth-order valence-electron chi connectivity index (χ4n) is 6.14. The first-order chi connectivity index (χ1) is 17.8. The Balaban J connectivity index is 1.19. The summed E-state index contributed by atoms with van der Waals surface area (Å²) in [6.45, 7) is 5.09. The molecule has 5 rings (SSSR count). The number of carbonyl (C=O) groups is 3. The second kappa shape index (κ2) is 10.3. The highest BCUT2D eigenvalue weighted by Crippen LogP contribution is 2.36. The summed E-state index contributed by atoms with van der Waals surface area (Å²) in [5.41, 5.74) is 2.12. The summed E-state index contributed by atoms with van der Waals surface area (Å²) in [5.74, 6) is -0.440. The molecular weight excluding hydrogens is 474 g/mol. The summed E-state index contributed by atoms with van der Waals surface area (Å²) < 4.78 is 6.91. The van der Waals surface area contributed by atoms with E-state index in [0.29, 0.717) is 51.3 Å². The van der Waals surface area contributed by atoms with Crippen LogP contribution in [-0.2, 0) is 21.4 Å². The minimum absolute atomic E-state index is 0.221. The average Bonchev–Trinajstić information content (AvgIpc) is 3.20. The van der Waals surface area contributed by atoms with Crippen LogP contribution >= 0.6 is 0 Å². The van der Waals surface area contributed by atoms with Gasteiger partial charge in [-0.3, -0.25) is 19.6 Å². The van der Waals surface area contributed by atoms with Gasteiger partial charge in [-0.05, 0) is 69.6 Å². The van der Waals surface area contributed by atoms with Crippen molar-refractivity contribution in [3.63, 3.8) is 0 Å². The van der Waals surface area contributed by atoms with Crippen LogP contribution in [0, 0.1) is 5.92 Å². The molecule has 3 aliphatic heterocycles. The van der Waals surface area contributed by atoms with E-state index in [0.717, 1.165) is 54.6 Å². The van der Waals surface area contributed by atoms with Gasteiger partial charge in [-0.2, -0.15) is 5.10 Å². The van der Waals surface area contributed by atoms with Crippen molar-refractivity contribution in [2.24, 2.45) is 13.0 Å². The predicted molar refractivity (Wildman–Crippen MR) is 138 cm³/mol. The number of anilines is 1. The molecule has 1 atom stereocenters. The lowest BCUT2D eigenvalue weighted by Crippen LogP contribution is -2.48. The predicted octanol–water partition coefficient (Wildman–Crippen LogP) is 2.68. The van der Waals surface area contributed by atoms with Gasteiger partial charge >= 0.3 is 6.09 Å². The van der Waals surface area contributed by atoms with E-state index in [-0.39, 0.29) is 17.9 Å². The number of hydrogen-bond donors (Lipinski definition) is 2. The number of aromatic nitrogens is 2. The second-order valence-electron chi connectivity index (χ2n) is 10.8. The van der Waals surface area contributed by atoms with Gasteiger partial charge in [0.2, 0.25) is 11.8 Å². The molecule has 0 radical (unpaired) electrons. The first-order valence-electron chi connectivity index (χ1n) is 13.5. The van der Waals surface area contributed by atoms with Crippen LogP contribution in [-0.4, -0.2) is 76.1 Å². The van der Waals surface area contributed by atoms with Crippen molar-refractivity contribution in [2.75, 3.05) is 37.7 Å². The number of ether oxygens (including phenoxy) is 1. The Bertz CT molecular complexity index is 1180. The van der Waals surface area contributed by atoms with E-state index < -0.39 is 11.5 Å². The van der Waals surface area contributed by atoms with Gasteiger partial charge < -0.3 is 19.6 Å². The van der Waals surface area contributed by atoms with Crippen LogP contribution in [0.15, 0.2) is 18.2 Å². The Kier molecular flexibility index (Phi) is 7.11. The third-order valence-electron chi connectivity index (χ3n) is 8.30. The quantitative estimate of drug-likeness (QED) is 0.593. The number of fused-ring (bicyclic) bond motifs is 1. The number of rotatable bonds is 5. The molecule has 200 valence electrons. The van der Waals surface area contributed by atoms with Crippen molar-refractivity contribution in [1.82, 2.24) is 20.0 Å². The Hall–Kier alpha value is -3.14. The number of aliphatic hydroxyl groups is 1. The molecule has 1 aromatic carbocycles. The number of nitrogens with zero attached hydrogens (tertiary/aromatic N) is 4. The summed E-state index contributed by atoms with van der Waals surface area (Å²) >= 11 is 0. The van der Waals surface area contributed by atoms with Crippen LogP contribution in [0.4, 0.5) is 10.5 Å². The summed E-state index contributed by atoms with van der Waals surface area (Å²) in [4.78, 5) is 40.0. The maximum Gasteiger partial charge on any atom is 0.409 e. The molecule has 0 spiro atoms. The molecule has 3 aliphatic rings. The van der Waals surface area contributed by atoms with E-state index in [9.17, 15) is 19.5 Å². The molecule has 3 fully saturated rings. The lowest BCUT2D eigenvalue weighted by atomic mass is 9.79. The summed E-state index contributed by atoms with van der Waals surface area (Å²) in [7, 11) is 1.89. The summed E-state index contributed by atoms with van der Waals surface area (Å²) in [5, 5.41) is 19.2. The van der Waals surface area contributed by atoms with Gasteiger partial charge in [-0.25, -0.2) is 4.79 Å². The van der Waals surface area contributed by atoms with E-state index >= 15 is 0 Å². The van der Waals surface area contributed by atoms with Crippen molar-refractivity contribution in [3.05, 3.63) is 23.9 Å². The number of aryl methyl sites for hydroxylation is 1. The second-order valence-corrected chi connectivity index (χ2v) is 10.8. The van der Waals surface area contributed by atoms with Gasteiger partial charge in [-0.15, -0.1) is 0 Å². The van der Waals surface area contributed by atoms with Gasteiger partial charge in [0.25, 0.3) is 0 Å². The highest BCUT2D eigenvalue weighted by Gasteiger charge is 2.37.